The van der Waals surface area contributed by atoms with Crippen LogP contribution in [-0.4, -0.2) is 5.54 Å². The first-order chi connectivity index (χ1) is 6.50. The molecule has 1 aliphatic carbocycles. The lowest BCUT2D eigenvalue weighted by molar-refractivity contribution is 0.500. The Kier molecular flexibility index (Phi) is 2.07. The van der Waals surface area contributed by atoms with E-state index in [0.29, 0.717) is 12.0 Å². The summed E-state index contributed by atoms with van der Waals surface area (Å²) in [5.74, 6) is -1.53. The number of hydrogen-bond acceptors (Lipinski definition) is 1. The molecular weight excluding hydrogens is 184 g/mol. The van der Waals surface area contributed by atoms with Crippen LogP contribution in [0.2, 0.25) is 0 Å². The van der Waals surface area contributed by atoms with Crippen LogP contribution in [0.3, 0.4) is 0 Å². The average Bonchev–Trinajstić information content (AvgIpc) is 2.79. The van der Waals surface area contributed by atoms with Gasteiger partial charge in [-0.1, -0.05) is 6.07 Å². The van der Waals surface area contributed by atoms with Crippen molar-refractivity contribution in [1.82, 2.24) is 0 Å². The highest BCUT2D eigenvalue weighted by Gasteiger charge is 2.38. The summed E-state index contributed by atoms with van der Waals surface area (Å²) < 4.78 is 26.0. The molecule has 3 heteroatoms. The predicted molar refractivity (Wildman–Crippen MR) is 51.0 cm³/mol. The molecule has 1 aliphatic rings. The molecule has 2 rings (SSSR count). The van der Waals surface area contributed by atoms with E-state index in [1.54, 1.807) is 13.0 Å². The second-order valence-electron chi connectivity index (χ2n) is 4.25. The van der Waals surface area contributed by atoms with E-state index in [4.69, 9.17) is 5.73 Å². The molecular formula is C11H13F2N. The van der Waals surface area contributed by atoms with Crippen LogP contribution in [0, 0.1) is 18.6 Å². The monoisotopic (exact) mass is 197 g/mol. The summed E-state index contributed by atoms with van der Waals surface area (Å²) >= 11 is 0. The maximum absolute atomic E-state index is 13.0. The second-order valence-corrected chi connectivity index (χ2v) is 4.25. The Labute approximate surface area is 81.9 Å². The summed E-state index contributed by atoms with van der Waals surface area (Å²) in [5.41, 5.74) is 6.89. The van der Waals surface area contributed by atoms with Crippen LogP contribution < -0.4 is 5.73 Å². The van der Waals surface area contributed by atoms with Crippen molar-refractivity contribution in [3.63, 3.8) is 0 Å². The molecule has 2 N–H and O–H groups in total. The van der Waals surface area contributed by atoms with Crippen molar-refractivity contribution < 1.29 is 8.78 Å². The third-order valence-electron chi connectivity index (χ3n) is 2.72. The molecule has 1 aromatic carbocycles. The lowest BCUT2D eigenvalue weighted by Crippen LogP contribution is -2.24. The third kappa shape index (κ3) is 1.77. The van der Waals surface area contributed by atoms with Gasteiger partial charge in [-0.05, 0) is 43.4 Å². The summed E-state index contributed by atoms with van der Waals surface area (Å²) in [6, 6.07) is 2.92. The molecule has 1 fully saturated rings. The Bertz CT molecular complexity index is 347. The lowest BCUT2D eigenvalue weighted by Gasteiger charge is -2.09. The van der Waals surface area contributed by atoms with E-state index in [2.05, 4.69) is 0 Å². The number of rotatable bonds is 2. The largest absolute Gasteiger partial charge is 0.325 e. The topological polar surface area (TPSA) is 26.0 Å². The van der Waals surface area contributed by atoms with Gasteiger partial charge in [-0.2, -0.15) is 0 Å². The van der Waals surface area contributed by atoms with E-state index in [9.17, 15) is 8.78 Å². The Balaban J connectivity index is 2.26. The SMILES string of the molecule is Cc1cc(CC2(N)CC2)cc(F)c1F. The van der Waals surface area contributed by atoms with Crippen LogP contribution in [0.15, 0.2) is 12.1 Å². The molecule has 1 nitrogen and oxygen atoms in total. The fraction of sp³-hybridized carbons (Fsp3) is 0.455. The molecule has 1 saturated carbocycles. The summed E-state index contributed by atoms with van der Waals surface area (Å²) in [6.45, 7) is 1.57. The maximum Gasteiger partial charge on any atom is 0.161 e. The summed E-state index contributed by atoms with van der Waals surface area (Å²) in [5, 5.41) is 0. The molecule has 0 radical (unpaired) electrons. The predicted octanol–water partition coefficient (Wildman–Crippen LogP) is 2.31. The van der Waals surface area contributed by atoms with Crippen molar-refractivity contribution in [3.05, 3.63) is 34.9 Å². The first-order valence-corrected chi connectivity index (χ1v) is 4.74. The molecule has 0 aromatic heterocycles. The minimum absolute atomic E-state index is 0.156. The van der Waals surface area contributed by atoms with Crippen molar-refractivity contribution in [2.45, 2.75) is 31.7 Å². The zero-order valence-corrected chi connectivity index (χ0v) is 8.11. The van der Waals surface area contributed by atoms with E-state index < -0.39 is 11.6 Å². The first-order valence-electron chi connectivity index (χ1n) is 4.74. The van der Waals surface area contributed by atoms with Gasteiger partial charge in [0.15, 0.2) is 11.6 Å². The molecule has 1 aromatic rings. The quantitative estimate of drug-likeness (QED) is 0.773. The van der Waals surface area contributed by atoms with Gasteiger partial charge < -0.3 is 5.73 Å². The summed E-state index contributed by atoms with van der Waals surface area (Å²) in [4.78, 5) is 0. The minimum Gasteiger partial charge on any atom is -0.325 e. The molecule has 0 aliphatic heterocycles. The number of benzene rings is 1. The molecule has 14 heavy (non-hydrogen) atoms. The highest BCUT2D eigenvalue weighted by atomic mass is 19.2. The van der Waals surface area contributed by atoms with Crippen LogP contribution in [0.1, 0.15) is 24.0 Å². The number of hydrogen-bond donors (Lipinski definition) is 1. The van der Waals surface area contributed by atoms with Gasteiger partial charge in [0.1, 0.15) is 0 Å². The van der Waals surface area contributed by atoms with Crippen molar-refractivity contribution in [2.24, 2.45) is 5.73 Å². The number of halogens is 2. The third-order valence-corrected chi connectivity index (χ3v) is 2.72. The molecule has 0 spiro atoms. The summed E-state index contributed by atoms with van der Waals surface area (Å²) in [7, 11) is 0. The summed E-state index contributed by atoms with van der Waals surface area (Å²) in [6.07, 6.45) is 2.60. The Morgan fingerprint density at radius 3 is 2.50 bits per heavy atom. The van der Waals surface area contributed by atoms with E-state index in [-0.39, 0.29) is 5.54 Å². The number of nitrogens with two attached hydrogens (primary N) is 1. The first kappa shape index (κ1) is 9.59. The average molecular weight is 197 g/mol. The fourth-order valence-corrected chi connectivity index (χ4v) is 1.64. The Morgan fingerprint density at radius 1 is 1.36 bits per heavy atom. The van der Waals surface area contributed by atoms with Crippen LogP contribution >= 0.6 is 0 Å². The van der Waals surface area contributed by atoms with E-state index in [1.165, 1.54) is 6.07 Å². The van der Waals surface area contributed by atoms with Gasteiger partial charge in [0.2, 0.25) is 0 Å². The molecule has 0 bridgehead atoms. The zero-order valence-electron chi connectivity index (χ0n) is 8.11. The van der Waals surface area contributed by atoms with Gasteiger partial charge in [-0.3, -0.25) is 0 Å². The van der Waals surface area contributed by atoms with Crippen LogP contribution in [-0.2, 0) is 6.42 Å². The maximum atomic E-state index is 13.0. The van der Waals surface area contributed by atoms with Gasteiger partial charge >= 0.3 is 0 Å². The Hall–Kier alpha value is -0.960. The van der Waals surface area contributed by atoms with Crippen molar-refractivity contribution in [3.8, 4) is 0 Å². The molecule has 0 unspecified atom stereocenters. The van der Waals surface area contributed by atoms with Gasteiger partial charge in [-0.25, -0.2) is 8.78 Å². The smallest absolute Gasteiger partial charge is 0.161 e. The van der Waals surface area contributed by atoms with Gasteiger partial charge in [0.25, 0.3) is 0 Å². The highest BCUT2D eigenvalue weighted by molar-refractivity contribution is 5.28. The van der Waals surface area contributed by atoms with E-state index in [1.807, 2.05) is 0 Å². The van der Waals surface area contributed by atoms with E-state index in [0.717, 1.165) is 18.4 Å². The second kappa shape index (κ2) is 3.02. The van der Waals surface area contributed by atoms with Gasteiger partial charge in [0.05, 0.1) is 0 Å². The van der Waals surface area contributed by atoms with Crippen LogP contribution in [0.4, 0.5) is 8.78 Å². The molecule has 76 valence electrons. The molecule has 0 saturated heterocycles. The van der Waals surface area contributed by atoms with Crippen LogP contribution in [0.25, 0.3) is 0 Å². The van der Waals surface area contributed by atoms with Gasteiger partial charge in [-0.15, -0.1) is 0 Å². The normalized spacial score (nSPS) is 18.3. The van der Waals surface area contributed by atoms with Crippen molar-refractivity contribution >= 4 is 0 Å². The highest BCUT2D eigenvalue weighted by Crippen LogP contribution is 2.35. The Morgan fingerprint density at radius 2 is 2.00 bits per heavy atom. The standard InChI is InChI=1S/C11H13F2N/c1-7-4-8(5-9(12)10(7)13)6-11(14)2-3-11/h4-5H,2-3,6,14H2,1H3. The fourth-order valence-electron chi connectivity index (χ4n) is 1.64. The van der Waals surface area contributed by atoms with Crippen LogP contribution in [0.5, 0.6) is 0 Å². The zero-order chi connectivity index (χ0) is 10.3. The lowest BCUT2D eigenvalue weighted by atomic mass is 10.0. The minimum atomic E-state index is -0.774. The van der Waals surface area contributed by atoms with Crippen molar-refractivity contribution in [1.29, 1.82) is 0 Å². The molecule has 0 amide bonds. The van der Waals surface area contributed by atoms with E-state index >= 15 is 0 Å². The molecule has 0 heterocycles. The van der Waals surface area contributed by atoms with Crippen molar-refractivity contribution in [2.75, 3.05) is 0 Å². The van der Waals surface area contributed by atoms with Gasteiger partial charge in [0, 0.05) is 5.54 Å². The molecule has 0 atom stereocenters. The number of aryl methyl sites for hydroxylation is 1.